The quantitative estimate of drug-likeness (QED) is 0.752. The first kappa shape index (κ1) is 15.0. The van der Waals surface area contributed by atoms with E-state index in [1.165, 1.54) is 0 Å². The number of aromatic nitrogens is 3. The number of amides is 3. The highest BCUT2D eigenvalue weighted by Gasteiger charge is 2.33. The molecule has 4 heterocycles. The number of urea groups is 1. The number of H-pyrrole nitrogens is 1. The Kier molecular flexibility index (Phi) is 3.24. The first-order valence-corrected chi connectivity index (χ1v) is 8.65. The van der Waals surface area contributed by atoms with E-state index in [4.69, 9.17) is 0 Å². The normalized spacial score (nSPS) is 17.6. The van der Waals surface area contributed by atoms with Crippen LogP contribution in [-0.2, 0) is 0 Å². The minimum absolute atomic E-state index is 0.0376. The molecule has 3 aromatic rings. The summed E-state index contributed by atoms with van der Waals surface area (Å²) < 4.78 is 1.85. The van der Waals surface area contributed by atoms with Crippen LogP contribution in [0.1, 0.15) is 16.4 Å². The van der Waals surface area contributed by atoms with Gasteiger partial charge in [0, 0.05) is 55.0 Å². The number of benzene rings is 1. The van der Waals surface area contributed by atoms with E-state index in [2.05, 4.69) is 15.4 Å². The van der Waals surface area contributed by atoms with Crippen LogP contribution in [0.3, 0.4) is 0 Å². The van der Waals surface area contributed by atoms with Crippen LogP contribution in [0.15, 0.2) is 42.9 Å². The molecule has 0 radical (unpaired) electrons. The van der Waals surface area contributed by atoms with Gasteiger partial charge in [-0.05, 0) is 24.3 Å². The van der Waals surface area contributed by atoms with Crippen LogP contribution in [0.5, 0.6) is 0 Å². The third-order valence-electron chi connectivity index (χ3n) is 5.08. The lowest BCUT2D eigenvalue weighted by Gasteiger charge is -2.39. The highest BCUT2D eigenvalue weighted by molar-refractivity contribution is 5.98. The third kappa shape index (κ3) is 2.33. The minimum Gasteiger partial charge on any atom is -0.361 e. The molecule has 0 unspecified atom stereocenters. The summed E-state index contributed by atoms with van der Waals surface area (Å²) >= 11 is 0. The second-order valence-electron chi connectivity index (χ2n) is 6.71. The Morgan fingerprint density at radius 3 is 2.92 bits per heavy atom. The molecule has 5 rings (SSSR count). The second kappa shape index (κ2) is 5.62. The van der Waals surface area contributed by atoms with Crippen molar-refractivity contribution >= 4 is 28.5 Å². The minimum atomic E-state index is -0.0879. The van der Waals surface area contributed by atoms with Crippen molar-refractivity contribution in [3.05, 3.63) is 48.4 Å². The summed E-state index contributed by atoms with van der Waals surface area (Å²) in [6.07, 6.45) is 5.45. The molecule has 0 aliphatic carbocycles. The lowest BCUT2D eigenvalue weighted by Crippen LogP contribution is -2.50. The van der Waals surface area contributed by atoms with Crippen molar-refractivity contribution in [2.75, 3.05) is 31.1 Å². The molecule has 0 atom stereocenters. The van der Waals surface area contributed by atoms with Gasteiger partial charge in [0.05, 0.1) is 17.9 Å². The van der Waals surface area contributed by atoms with E-state index in [0.717, 1.165) is 16.6 Å². The molecular formula is C18H18N6O2. The molecule has 132 valence electrons. The lowest BCUT2D eigenvalue weighted by atomic mass is 10.1. The van der Waals surface area contributed by atoms with Crippen molar-refractivity contribution in [1.29, 1.82) is 0 Å². The van der Waals surface area contributed by atoms with E-state index in [1.807, 2.05) is 46.2 Å². The van der Waals surface area contributed by atoms with Gasteiger partial charge in [-0.15, -0.1) is 0 Å². The molecule has 2 N–H and O–H groups in total. The highest BCUT2D eigenvalue weighted by atomic mass is 16.2. The summed E-state index contributed by atoms with van der Waals surface area (Å²) in [4.78, 5) is 31.0. The average molecular weight is 350 g/mol. The summed E-state index contributed by atoms with van der Waals surface area (Å²) in [6.45, 7) is 2.55. The number of carbonyl (C=O) groups excluding carboxylic acids is 2. The number of likely N-dealkylation sites (tertiary alicyclic amines) is 1. The molecule has 2 fully saturated rings. The summed E-state index contributed by atoms with van der Waals surface area (Å²) in [6, 6.07) is 7.72. The van der Waals surface area contributed by atoms with E-state index in [0.29, 0.717) is 31.7 Å². The van der Waals surface area contributed by atoms with E-state index < -0.39 is 0 Å². The molecule has 0 spiro atoms. The molecule has 26 heavy (non-hydrogen) atoms. The number of hydrogen-bond donors (Lipinski definition) is 2. The number of nitrogens with one attached hydrogen (secondary N) is 2. The van der Waals surface area contributed by atoms with Gasteiger partial charge in [0.2, 0.25) is 0 Å². The lowest BCUT2D eigenvalue weighted by molar-refractivity contribution is 0.0502. The zero-order chi connectivity index (χ0) is 17.7. The van der Waals surface area contributed by atoms with Crippen molar-refractivity contribution in [1.82, 2.24) is 25.0 Å². The van der Waals surface area contributed by atoms with Crippen molar-refractivity contribution in [2.24, 2.45) is 0 Å². The fourth-order valence-electron chi connectivity index (χ4n) is 3.54. The van der Waals surface area contributed by atoms with Crippen LogP contribution in [0, 0.1) is 0 Å². The van der Waals surface area contributed by atoms with Gasteiger partial charge in [0.1, 0.15) is 0 Å². The van der Waals surface area contributed by atoms with Gasteiger partial charge in [-0.1, -0.05) is 0 Å². The Hall–Kier alpha value is -3.29. The number of nitrogens with zero attached hydrogens (tertiary/aromatic N) is 4. The van der Waals surface area contributed by atoms with Gasteiger partial charge >= 0.3 is 6.03 Å². The van der Waals surface area contributed by atoms with E-state index in [-0.39, 0.29) is 18.0 Å². The molecule has 1 aromatic carbocycles. The van der Waals surface area contributed by atoms with Crippen LogP contribution >= 0.6 is 0 Å². The smallest absolute Gasteiger partial charge is 0.322 e. The number of carbonyl (C=O) groups is 2. The van der Waals surface area contributed by atoms with Crippen molar-refractivity contribution < 1.29 is 9.59 Å². The number of anilines is 1. The summed E-state index contributed by atoms with van der Waals surface area (Å²) in [5, 5.41) is 8.19. The zero-order valence-corrected chi connectivity index (χ0v) is 14.1. The SMILES string of the molecule is O=C(c1ccc2[nH]ccc2c1)N1CC(n2cc(N3CCNC3=O)cn2)C1. The molecule has 2 aliphatic rings. The topological polar surface area (TPSA) is 86.3 Å². The standard InChI is InChI=1S/C18H18N6O2/c25-17(13-1-2-16-12(7-13)3-4-19-16)22-9-15(10-22)24-11-14(8-21-24)23-6-5-20-18(23)26/h1-4,7-8,11,15,19H,5-6,9-10H2,(H,20,26). The number of hydrogen-bond acceptors (Lipinski definition) is 3. The third-order valence-corrected chi connectivity index (χ3v) is 5.08. The van der Waals surface area contributed by atoms with Gasteiger partial charge < -0.3 is 15.2 Å². The van der Waals surface area contributed by atoms with Gasteiger partial charge in [-0.3, -0.25) is 14.4 Å². The number of rotatable bonds is 3. The highest BCUT2D eigenvalue weighted by Crippen LogP contribution is 2.26. The summed E-state index contributed by atoms with van der Waals surface area (Å²) in [5.41, 5.74) is 2.52. The second-order valence-corrected chi connectivity index (χ2v) is 6.71. The molecule has 2 saturated heterocycles. The van der Waals surface area contributed by atoms with Gasteiger partial charge in [-0.25, -0.2) is 4.79 Å². The molecule has 8 heteroatoms. The van der Waals surface area contributed by atoms with Crippen LogP contribution in [0.2, 0.25) is 0 Å². The average Bonchev–Trinajstić information content (AvgIpc) is 3.32. The van der Waals surface area contributed by atoms with Gasteiger partial charge in [-0.2, -0.15) is 5.10 Å². The van der Waals surface area contributed by atoms with Crippen LogP contribution in [0.4, 0.5) is 10.5 Å². The van der Waals surface area contributed by atoms with Crippen LogP contribution < -0.4 is 10.2 Å². The maximum absolute atomic E-state index is 12.7. The van der Waals surface area contributed by atoms with Crippen LogP contribution in [0.25, 0.3) is 10.9 Å². The monoisotopic (exact) mass is 350 g/mol. The molecule has 2 aliphatic heterocycles. The number of fused-ring (bicyclic) bond motifs is 1. The van der Waals surface area contributed by atoms with Crippen LogP contribution in [-0.4, -0.2) is 57.8 Å². The molecular weight excluding hydrogens is 332 g/mol. The Labute approximate surface area is 149 Å². The summed E-state index contributed by atoms with van der Waals surface area (Å²) in [5.74, 6) is 0.0376. The van der Waals surface area contributed by atoms with Crippen molar-refractivity contribution in [3.63, 3.8) is 0 Å². The van der Waals surface area contributed by atoms with Gasteiger partial charge in [0.25, 0.3) is 5.91 Å². The maximum Gasteiger partial charge on any atom is 0.322 e. The predicted octanol–water partition coefficient (Wildman–Crippen LogP) is 1.59. The Morgan fingerprint density at radius 2 is 2.12 bits per heavy atom. The number of aromatic amines is 1. The molecule has 0 bridgehead atoms. The largest absolute Gasteiger partial charge is 0.361 e. The Morgan fingerprint density at radius 1 is 1.23 bits per heavy atom. The molecule has 3 amide bonds. The van der Waals surface area contributed by atoms with Crippen molar-refractivity contribution in [3.8, 4) is 0 Å². The molecule has 0 saturated carbocycles. The first-order valence-electron chi connectivity index (χ1n) is 8.65. The Balaban J connectivity index is 1.26. The first-order chi connectivity index (χ1) is 12.7. The maximum atomic E-state index is 12.7. The molecule has 2 aromatic heterocycles. The fourth-order valence-corrected chi connectivity index (χ4v) is 3.54. The predicted molar refractivity (Wildman–Crippen MR) is 96.2 cm³/mol. The summed E-state index contributed by atoms with van der Waals surface area (Å²) in [7, 11) is 0. The van der Waals surface area contributed by atoms with E-state index in [1.54, 1.807) is 11.1 Å². The van der Waals surface area contributed by atoms with Crippen molar-refractivity contribution in [2.45, 2.75) is 6.04 Å². The zero-order valence-electron chi connectivity index (χ0n) is 14.1. The molecule has 8 nitrogen and oxygen atoms in total. The van der Waals surface area contributed by atoms with Gasteiger partial charge in [0.15, 0.2) is 0 Å². The van der Waals surface area contributed by atoms with E-state index >= 15 is 0 Å². The fraction of sp³-hybridized carbons (Fsp3) is 0.278. The Bertz CT molecular complexity index is 1000. The van der Waals surface area contributed by atoms with E-state index in [9.17, 15) is 9.59 Å².